The molecule has 0 radical (unpaired) electrons. The van der Waals surface area contributed by atoms with Gasteiger partial charge in [0.1, 0.15) is 0 Å². The Morgan fingerprint density at radius 1 is 1.18 bits per heavy atom. The summed E-state index contributed by atoms with van der Waals surface area (Å²) in [6.07, 6.45) is 4.27. The van der Waals surface area contributed by atoms with Crippen LogP contribution in [0.25, 0.3) is 0 Å². The van der Waals surface area contributed by atoms with Gasteiger partial charge in [-0.15, -0.1) is 0 Å². The predicted octanol–water partition coefficient (Wildman–Crippen LogP) is 2.05. The molecule has 5 nitrogen and oxygen atoms in total. The summed E-state index contributed by atoms with van der Waals surface area (Å²) in [5, 5.41) is 3.67. The summed E-state index contributed by atoms with van der Waals surface area (Å²) >= 11 is 0. The van der Waals surface area contributed by atoms with Crippen molar-refractivity contribution in [1.29, 1.82) is 0 Å². The molecule has 2 N–H and O–H groups in total. The Balaban J connectivity index is 2.06. The number of rotatable bonds is 7. The third-order valence-corrected chi connectivity index (χ3v) is 5.93. The molecule has 1 fully saturated rings. The lowest BCUT2D eigenvalue weighted by atomic mass is 9.95. The highest BCUT2D eigenvalue weighted by Gasteiger charge is 2.36. The van der Waals surface area contributed by atoms with E-state index >= 15 is 0 Å². The molecule has 0 amide bonds. The van der Waals surface area contributed by atoms with Gasteiger partial charge in [0.05, 0.1) is 0 Å². The first-order valence-electron chi connectivity index (χ1n) is 7.84. The maximum Gasteiger partial charge on any atom is 0.278 e. The maximum absolute atomic E-state index is 12.0. The first-order valence-corrected chi connectivity index (χ1v) is 9.28. The average Bonchev–Trinajstić information content (AvgIpc) is 2.95. The second-order valence-corrected chi connectivity index (χ2v) is 8.34. The summed E-state index contributed by atoms with van der Waals surface area (Å²) in [5.41, 5.74) is 1.07. The molecular formula is C16H27N3O2S. The fourth-order valence-electron chi connectivity index (χ4n) is 3.07. The van der Waals surface area contributed by atoms with Gasteiger partial charge in [-0.1, -0.05) is 43.2 Å². The van der Waals surface area contributed by atoms with Crippen molar-refractivity contribution in [1.82, 2.24) is 14.3 Å². The molecule has 6 heteroatoms. The van der Waals surface area contributed by atoms with E-state index in [0.29, 0.717) is 6.54 Å². The highest BCUT2D eigenvalue weighted by Crippen LogP contribution is 2.32. The number of nitrogens with zero attached hydrogens (tertiary/aromatic N) is 1. The molecule has 0 aliphatic heterocycles. The van der Waals surface area contributed by atoms with Gasteiger partial charge in [0.25, 0.3) is 10.2 Å². The Kier molecular flexibility index (Phi) is 5.60. The van der Waals surface area contributed by atoms with E-state index in [9.17, 15) is 8.42 Å². The van der Waals surface area contributed by atoms with Crippen LogP contribution in [-0.4, -0.2) is 38.9 Å². The highest BCUT2D eigenvalue weighted by atomic mass is 32.2. The fourth-order valence-corrected chi connectivity index (χ4v) is 3.78. The van der Waals surface area contributed by atoms with Gasteiger partial charge in [-0.25, -0.2) is 4.72 Å². The van der Waals surface area contributed by atoms with Crippen molar-refractivity contribution in [2.45, 2.75) is 44.2 Å². The van der Waals surface area contributed by atoms with Gasteiger partial charge < -0.3 is 5.32 Å². The third-order valence-electron chi connectivity index (χ3n) is 4.46. The van der Waals surface area contributed by atoms with E-state index in [1.165, 1.54) is 9.87 Å². The van der Waals surface area contributed by atoms with E-state index in [-0.39, 0.29) is 11.6 Å². The van der Waals surface area contributed by atoms with Crippen molar-refractivity contribution in [2.75, 3.05) is 20.6 Å². The smallest absolute Gasteiger partial charge is 0.278 e. The zero-order valence-electron chi connectivity index (χ0n) is 13.7. The van der Waals surface area contributed by atoms with Crippen LogP contribution in [0.15, 0.2) is 30.3 Å². The van der Waals surface area contributed by atoms with Gasteiger partial charge in [0.15, 0.2) is 0 Å². The first kappa shape index (κ1) is 17.4. The van der Waals surface area contributed by atoms with Crippen LogP contribution < -0.4 is 10.0 Å². The second-order valence-electron chi connectivity index (χ2n) is 6.37. The van der Waals surface area contributed by atoms with Gasteiger partial charge in [-0.05, 0) is 25.3 Å². The van der Waals surface area contributed by atoms with E-state index < -0.39 is 10.2 Å². The molecule has 22 heavy (non-hydrogen) atoms. The molecule has 2 rings (SSSR count). The molecule has 1 aromatic rings. The molecule has 0 bridgehead atoms. The van der Waals surface area contributed by atoms with Crippen LogP contribution in [0, 0.1) is 0 Å². The zero-order valence-corrected chi connectivity index (χ0v) is 14.5. The number of hydrogen-bond donors (Lipinski definition) is 2. The monoisotopic (exact) mass is 325 g/mol. The molecule has 0 unspecified atom stereocenters. The number of nitrogens with one attached hydrogen (secondary N) is 2. The summed E-state index contributed by atoms with van der Waals surface area (Å²) in [4.78, 5) is 0. The molecule has 1 aromatic carbocycles. The summed E-state index contributed by atoms with van der Waals surface area (Å²) in [5.74, 6) is 0. The SMILES string of the molecule is C[C@H](NC1(CNS(=O)(=O)N(C)C)CCCC1)c1ccccc1. The highest BCUT2D eigenvalue weighted by molar-refractivity contribution is 7.87. The van der Waals surface area contributed by atoms with Crippen LogP contribution >= 0.6 is 0 Å². The number of benzene rings is 1. The van der Waals surface area contributed by atoms with Crippen molar-refractivity contribution < 1.29 is 8.42 Å². The van der Waals surface area contributed by atoms with Gasteiger partial charge in [-0.2, -0.15) is 12.7 Å². The predicted molar refractivity (Wildman–Crippen MR) is 89.8 cm³/mol. The zero-order chi connectivity index (χ0) is 16.2. The van der Waals surface area contributed by atoms with Crippen molar-refractivity contribution in [3.05, 3.63) is 35.9 Å². The van der Waals surface area contributed by atoms with Gasteiger partial charge >= 0.3 is 0 Å². The van der Waals surface area contributed by atoms with Gasteiger partial charge in [0.2, 0.25) is 0 Å². The molecule has 1 aliphatic rings. The van der Waals surface area contributed by atoms with Crippen molar-refractivity contribution >= 4 is 10.2 Å². The van der Waals surface area contributed by atoms with E-state index in [2.05, 4.69) is 29.1 Å². The molecule has 0 heterocycles. The quantitative estimate of drug-likeness (QED) is 0.806. The van der Waals surface area contributed by atoms with Crippen molar-refractivity contribution in [2.24, 2.45) is 0 Å². The molecule has 0 aromatic heterocycles. The van der Waals surface area contributed by atoms with Crippen LogP contribution in [0.1, 0.15) is 44.2 Å². The molecule has 0 spiro atoms. The largest absolute Gasteiger partial charge is 0.303 e. The Morgan fingerprint density at radius 2 is 1.77 bits per heavy atom. The van der Waals surface area contributed by atoms with Crippen LogP contribution in [0.4, 0.5) is 0 Å². The van der Waals surface area contributed by atoms with E-state index in [1.54, 1.807) is 14.1 Å². The lowest BCUT2D eigenvalue weighted by molar-refractivity contribution is 0.297. The third kappa shape index (κ3) is 4.29. The van der Waals surface area contributed by atoms with Crippen molar-refractivity contribution in [3.8, 4) is 0 Å². The van der Waals surface area contributed by atoms with Crippen molar-refractivity contribution in [3.63, 3.8) is 0 Å². The van der Waals surface area contributed by atoms with E-state index in [0.717, 1.165) is 25.7 Å². The minimum atomic E-state index is -3.38. The van der Waals surface area contributed by atoms with Crippen LogP contribution in [0.5, 0.6) is 0 Å². The lowest BCUT2D eigenvalue weighted by Gasteiger charge is -2.34. The first-order chi connectivity index (χ1) is 10.3. The summed E-state index contributed by atoms with van der Waals surface area (Å²) in [6, 6.07) is 10.5. The normalized spacial score (nSPS) is 19.5. The molecule has 1 saturated carbocycles. The number of hydrogen-bond acceptors (Lipinski definition) is 3. The van der Waals surface area contributed by atoms with Gasteiger partial charge in [0, 0.05) is 32.2 Å². The van der Waals surface area contributed by atoms with E-state index in [4.69, 9.17) is 0 Å². The Hall–Kier alpha value is -0.950. The molecule has 1 atom stereocenters. The average molecular weight is 325 g/mol. The maximum atomic E-state index is 12.0. The second kappa shape index (κ2) is 7.08. The van der Waals surface area contributed by atoms with Crippen LogP contribution in [0.3, 0.4) is 0 Å². The lowest BCUT2D eigenvalue weighted by Crippen LogP contribution is -2.53. The standard InChI is InChI=1S/C16H27N3O2S/c1-14(15-9-5-4-6-10-15)18-16(11-7-8-12-16)13-17-22(20,21)19(2)3/h4-6,9-10,14,17-18H,7-8,11-13H2,1-3H3/t14-/m0/s1. The van der Waals surface area contributed by atoms with Gasteiger partial charge in [-0.3, -0.25) is 0 Å². The molecule has 1 aliphatic carbocycles. The topological polar surface area (TPSA) is 61.4 Å². The Morgan fingerprint density at radius 3 is 2.32 bits per heavy atom. The molecule has 0 saturated heterocycles. The van der Waals surface area contributed by atoms with Crippen LogP contribution in [-0.2, 0) is 10.2 Å². The Labute approximate surface area is 134 Å². The molecular weight excluding hydrogens is 298 g/mol. The van der Waals surface area contributed by atoms with E-state index in [1.807, 2.05) is 18.2 Å². The Bertz CT molecular complexity index is 566. The molecule has 124 valence electrons. The summed E-state index contributed by atoms with van der Waals surface area (Å²) in [6.45, 7) is 2.57. The summed E-state index contributed by atoms with van der Waals surface area (Å²) in [7, 11) is -0.290. The minimum absolute atomic E-state index is 0.154. The summed E-state index contributed by atoms with van der Waals surface area (Å²) < 4.78 is 27.9. The fraction of sp³-hybridized carbons (Fsp3) is 0.625. The minimum Gasteiger partial charge on any atom is -0.303 e. The van der Waals surface area contributed by atoms with Crippen LogP contribution in [0.2, 0.25) is 0 Å².